The van der Waals surface area contributed by atoms with Crippen molar-refractivity contribution in [2.75, 3.05) is 4.90 Å². The number of nitrogens with zero attached hydrogens (tertiary/aromatic N) is 1. The normalized spacial score (nSPS) is 15.7. The molecule has 0 N–H and O–H groups in total. The molecule has 0 unspecified atom stereocenters. The quantitative estimate of drug-likeness (QED) is 0.299. The Balaban J connectivity index is 1.64. The number of carbonyl (C=O) groups is 1. The molecule has 1 fully saturated rings. The SMILES string of the molecule is O=C1C(=Cc2ccc(-c3cccc(Cl)c3Cl)o2)SC(=S)N1c1cccc(Cl)c1. The Morgan fingerprint density at radius 3 is 2.61 bits per heavy atom. The molecule has 2 aromatic carbocycles. The first-order valence-corrected chi connectivity index (χ1v) is 10.4. The predicted molar refractivity (Wildman–Crippen MR) is 121 cm³/mol. The van der Waals surface area contributed by atoms with Crippen molar-refractivity contribution in [1.29, 1.82) is 0 Å². The lowest BCUT2D eigenvalue weighted by atomic mass is 10.2. The first-order valence-electron chi connectivity index (χ1n) is 8.02. The van der Waals surface area contributed by atoms with Gasteiger partial charge in [-0.05, 0) is 42.5 Å². The van der Waals surface area contributed by atoms with E-state index in [4.69, 9.17) is 51.4 Å². The van der Waals surface area contributed by atoms with Crippen LogP contribution in [0.1, 0.15) is 5.76 Å². The van der Waals surface area contributed by atoms with Gasteiger partial charge in [-0.2, -0.15) is 0 Å². The van der Waals surface area contributed by atoms with E-state index in [1.807, 2.05) is 6.07 Å². The number of furan rings is 1. The van der Waals surface area contributed by atoms with Gasteiger partial charge in [0.1, 0.15) is 11.5 Å². The van der Waals surface area contributed by atoms with E-state index in [1.165, 1.54) is 16.7 Å². The molecule has 0 bridgehead atoms. The molecule has 0 aliphatic carbocycles. The molecule has 2 heterocycles. The maximum atomic E-state index is 12.8. The summed E-state index contributed by atoms with van der Waals surface area (Å²) in [5.74, 6) is 0.845. The van der Waals surface area contributed by atoms with E-state index in [-0.39, 0.29) is 5.91 Å². The fourth-order valence-electron chi connectivity index (χ4n) is 2.70. The molecule has 0 radical (unpaired) electrons. The maximum absolute atomic E-state index is 12.8. The lowest BCUT2D eigenvalue weighted by Gasteiger charge is -2.14. The zero-order valence-electron chi connectivity index (χ0n) is 14.0. The van der Waals surface area contributed by atoms with Crippen LogP contribution in [0.3, 0.4) is 0 Å². The maximum Gasteiger partial charge on any atom is 0.270 e. The standard InChI is InChI=1S/C20H10Cl3NO2S2/c21-11-3-1-4-12(9-11)24-19(25)17(28-20(24)27)10-13-7-8-16(26-13)14-5-2-6-15(22)18(14)23/h1-10H. The van der Waals surface area contributed by atoms with Crippen LogP contribution in [0, 0.1) is 0 Å². The molecule has 1 amide bonds. The topological polar surface area (TPSA) is 33.5 Å². The van der Waals surface area contributed by atoms with Gasteiger partial charge < -0.3 is 4.42 Å². The van der Waals surface area contributed by atoms with Crippen molar-refractivity contribution < 1.29 is 9.21 Å². The van der Waals surface area contributed by atoms with Crippen LogP contribution >= 0.6 is 58.8 Å². The molecule has 0 saturated carbocycles. The van der Waals surface area contributed by atoms with Crippen molar-refractivity contribution in [2.45, 2.75) is 0 Å². The Morgan fingerprint density at radius 2 is 1.82 bits per heavy atom. The van der Waals surface area contributed by atoms with Gasteiger partial charge in [-0.25, -0.2) is 0 Å². The highest BCUT2D eigenvalue weighted by Crippen LogP contribution is 2.38. The monoisotopic (exact) mass is 465 g/mol. The van der Waals surface area contributed by atoms with E-state index in [1.54, 1.807) is 54.6 Å². The van der Waals surface area contributed by atoms with Gasteiger partial charge in [-0.3, -0.25) is 9.69 Å². The number of thioether (sulfide) groups is 1. The third-order valence-corrected chi connectivity index (χ3v) is 6.33. The third kappa shape index (κ3) is 3.73. The van der Waals surface area contributed by atoms with Crippen molar-refractivity contribution >= 4 is 80.8 Å². The Kier molecular flexibility index (Phi) is 5.54. The van der Waals surface area contributed by atoms with E-state index in [9.17, 15) is 4.79 Å². The number of benzene rings is 2. The first kappa shape index (κ1) is 19.6. The largest absolute Gasteiger partial charge is 0.457 e. The van der Waals surface area contributed by atoms with Crippen molar-refractivity contribution in [1.82, 2.24) is 0 Å². The number of thiocarbonyl (C=S) groups is 1. The van der Waals surface area contributed by atoms with Crippen LogP contribution in [-0.4, -0.2) is 10.2 Å². The number of carbonyl (C=O) groups excluding carboxylic acids is 1. The second kappa shape index (κ2) is 7.93. The van der Waals surface area contributed by atoms with E-state index in [2.05, 4.69) is 0 Å². The minimum absolute atomic E-state index is 0.226. The molecule has 140 valence electrons. The molecule has 8 heteroatoms. The number of amides is 1. The second-order valence-electron chi connectivity index (χ2n) is 5.80. The van der Waals surface area contributed by atoms with Gasteiger partial charge >= 0.3 is 0 Å². The summed E-state index contributed by atoms with van der Waals surface area (Å²) in [6, 6.07) is 15.8. The summed E-state index contributed by atoms with van der Waals surface area (Å²) in [6.45, 7) is 0. The summed E-state index contributed by atoms with van der Waals surface area (Å²) in [5, 5.41) is 1.39. The third-order valence-electron chi connectivity index (χ3n) is 3.98. The van der Waals surface area contributed by atoms with E-state index >= 15 is 0 Å². The van der Waals surface area contributed by atoms with Crippen molar-refractivity contribution in [2.24, 2.45) is 0 Å². The smallest absolute Gasteiger partial charge is 0.270 e. The molecule has 1 aliphatic rings. The van der Waals surface area contributed by atoms with Crippen molar-refractivity contribution in [3.05, 3.63) is 80.3 Å². The summed E-state index contributed by atoms with van der Waals surface area (Å²) < 4.78 is 6.28. The minimum atomic E-state index is -0.226. The highest BCUT2D eigenvalue weighted by atomic mass is 35.5. The molecular formula is C20H10Cl3NO2S2. The Hall–Kier alpha value is -1.76. The summed E-state index contributed by atoms with van der Waals surface area (Å²) in [4.78, 5) is 14.7. The number of rotatable bonds is 3. The molecule has 3 nitrogen and oxygen atoms in total. The Labute approximate surface area is 185 Å². The van der Waals surface area contributed by atoms with Gasteiger partial charge in [0.15, 0.2) is 4.32 Å². The molecule has 3 aromatic rings. The van der Waals surface area contributed by atoms with Crippen molar-refractivity contribution in [3.8, 4) is 11.3 Å². The van der Waals surface area contributed by atoms with E-state index in [0.29, 0.717) is 47.1 Å². The zero-order valence-corrected chi connectivity index (χ0v) is 17.9. The molecule has 1 aliphatic heterocycles. The molecular weight excluding hydrogens is 457 g/mol. The molecule has 0 spiro atoms. The Morgan fingerprint density at radius 1 is 1.04 bits per heavy atom. The van der Waals surface area contributed by atoms with Crippen LogP contribution in [0.15, 0.2) is 63.9 Å². The lowest BCUT2D eigenvalue weighted by Crippen LogP contribution is -2.27. The first-order chi connectivity index (χ1) is 13.4. The molecule has 4 rings (SSSR count). The number of halogens is 3. The summed E-state index contributed by atoms with van der Waals surface area (Å²) >= 11 is 24.9. The van der Waals surface area contributed by atoms with Crippen LogP contribution in [0.25, 0.3) is 17.4 Å². The average molecular weight is 467 g/mol. The lowest BCUT2D eigenvalue weighted by molar-refractivity contribution is -0.113. The predicted octanol–water partition coefficient (Wildman–Crippen LogP) is 7.31. The van der Waals surface area contributed by atoms with Gasteiger partial charge in [-0.15, -0.1) is 0 Å². The summed E-state index contributed by atoms with van der Waals surface area (Å²) in [5.41, 5.74) is 1.31. The fraction of sp³-hybridized carbons (Fsp3) is 0. The van der Waals surface area contributed by atoms with Crippen molar-refractivity contribution in [3.63, 3.8) is 0 Å². The fourth-order valence-corrected chi connectivity index (χ4v) is 4.56. The van der Waals surface area contributed by atoms with E-state index < -0.39 is 0 Å². The van der Waals surface area contributed by atoms with Gasteiger partial charge in [-0.1, -0.05) is 70.9 Å². The number of anilines is 1. The molecule has 0 atom stereocenters. The van der Waals surface area contributed by atoms with Crippen LogP contribution in [0.2, 0.25) is 15.1 Å². The highest BCUT2D eigenvalue weighted by Gasteiger charge is 2.33. The highest BCUT2D eigenvalue weighted by molar-refractivity contribution is 8.27. The number of hydrogen-bond donors (Lipinski definition) is 0. The Bertz CT molecular complexity index is 1140. The van der Waals surface area contributed by atoms with Crippen LogP contribution in [0.4, 0.5) is 5.69 Å². The van der Waals surface area contributed by atoms with Crippen LogP contribution in [-0.2, 0) is 4.79 Å². The van der Waals surface area contributed by atoms with Gasteiger partial charge in [0.25, 0.3) is 5.91 Å². The van der Waals surface area contributed by atoms with Gasteiger partial charge in [0.05, 0.1) is 20.6 Å². The molecule has 1 aromatic heterocycles. The molecule has 1 saturated heterocycles. The van der Waals surface area contributed by atoms with Crippen LogP contribution < -0.4 is 4.90 Å². The van der Waals surface area contributed by atoms with Gasteiger partial charge in [0, 0.05) is 16.7 Å². The summed E-state index contributed by atoms with van der Waals surface area (Å²) in [7, 11) is 0. The average Bonchev–Trinajstić information content (AvgIpc) is 3.22. The summed E-state index contributed by atoms with van der Waals surface area (Å²) in [6.07, 6.45) is 1.66. The number of hydrogen-bond acceptors (Lipinski definition) is 4. The van der Waals surface area contributed by atoms with E-state index in [0.717, 1.165) is 0 Å². The van der Waals surface area contributed by atoms with Crippen LogP contribution in [0.5, 0.6) is 0 Å². The molecule has 28 heavy (non-hydrogen) atoms. The zero-order chi connectivity index (χ0) is 19.8. The van der Waals surface area contributed by atoms with Gasteiger partial charge in [0.2, 0.25) is 0 Å². The second-order valence-corrected chi connectivity index (χ2v) is 8.70. The minimum Gasteiger partial charge on any atom is -0.457 e.